The summed E-state index contributed by atoms with van der Waals surface area (Å²) in [7, 11) is 0. The van der Waals surface area contributed by atoms with E-state index in [2.05, 4.69) is 21.6 Å². The lowest BCUT2D eigenvalue weighted by molar-refractivity contribution is -0.137. The lowest BCUT2D eigenvalue weighted by Crippen LogP contribution is -2.40. The first-order valence-electron chi connectivity index (χ1n) is 11.6. The van der Waals surface area contributed by atoms with E-state index in [0.29, 0.717) is 36.0 Å². The Hall–Kier alpha value is -3.17. The molecule has 35 heavy (non-hydrogen) atoms. The zero-order valence-corrected chi connectivity index (χ0v) is 19.7. The van der Waals surface area contributed by atoms with Gasteiger partial charge in [0.25, 0.3) is 0 Å². The smallest absolute Gasteiger partial charge is 0.397 e. The minimum atomic E-state index is -4.37. The highest BCUT2D eigenvalue weighted by molar-refractivity contribution is 5.71. The molecule has 3 aromatic rings. The number of allylic oxidation sites excluding steroid dienone is 1. The van der Waals surface area contributed by atoms with Gasteiger partial charge in [-0.25, -0.2) is 0 Å². The molecule has 1 unspecified atom stereocenters. The van der Waals surface area contributed by atoms with Crippen molar-refractivity contribution in [1.29, 1.82) is 0 Å². The molecule has 3 heterocycles. The fraction of sp³-hybridized carbons (Fsp3) is 0.385. The van der Waals surface area contributed by atoms with Crippen molar-refractivity contribution in [3.63, 3.8) is 0 Å². The van der Waals surface area contributed by atoms with Gasteiger partial charge in [-0.2, -0.15) is 18.3 Å². The maximum atomic E-state index is 12.8. The van der Waals surface area contributed by atoms with Gasteiger partial charge in [0.15, 0.2) is 0 Å². The van der Waals surface area contributed by atoms with E-state index in [-0.39, 0.29) is 0 Å². The minimum Gasteiger partial charge on any atom is -0.397 e. The van der Waals surface area contributed by atoms with E-state index in [1.54, 1.807) is 10.9 Å². The van der Waals surface area contributed by atoms with E-state index in [4.69, 9.17) is 5.73 Å². The number of nitrogen functional groups attached to an aromatic ring is 1. The Bertz CT molecular complexity index is 1160. The number of rotatable bonds is 7. The van der Waals surface area contributed by atoms with Crippen molar-refractivity contribution in [2.24, 2.45) is 5.92 Å². The molecular weight excluding hydrogens is 455 g/mol. The van der Waals surface area contributed by atoms with E-state index in [1.165, 1.54) is 12.1 Å². The maximum Gasteiger partial charge on any atom is 0.416 e. The number of nitrogens with two attached hydrogens (primary N) is 1. The molecule has 1 aliphatic rings. The number of aromatic nitrogens is 3. The third-order valence-electron chi connectivity index (χ3n) is 6.52. The second-order valence-electron chi connectivity index (χ2n) is 9.15. The molecule has 2 aromatic heterocycles. The highest BCUT2D eigenvalue weighted by atomic mass is 19.4. The monoisotopic (exact) mass is 485 g/mol. The van der Waals surface area contributed by atoms with Crippen molar-refractivity contribution in [3.05, 3.63) is 72.2 Å². The van der Waals surface area contributed by atoms with Crippen molar-refractivity contribution in [1.82, 2.24) is 19.7 Å². The average molecular weight is 486 g/mol. The number of likely N-dealkylation sites (tertiary alicyclic amines) is 1. The molecule has 1 saturated heterocycles. The normalized spacial score (nSPS) is 16.4. The zero-order chi connectivity index (χ0) is 25.2. The van der Waals surface area contributed by atoms with E-state index in [9.17, 15) is 18.3 Å². The number of β-amino-alcohol motifs (C(OH)–C–C–N with tert-alkyl or cyclic N) is 1. The largest absolute Gasteiger partial charge is 0.416 e. The van der Waals surface area contributed by atoms with Crippen LogP contribution in [0.2, 0.25) is 0 Å². The van der Waals surface area contributed by atoms with Crippen LogP contribution in [-0.4, -0.2) is 50.5 Å². The minimum absolute atomic E-state index is 0.304. The Morgan fingerprint density at radius 2 is 1.86 bits per heavy atom. The van der Waals surface area contributed by atoms with Crippen LogP contribution in [0.1, 0.15) is 29.7 Å². The van der Waals surface area contributed by atoms with Gasteiger partial charge in [-0.3, -0.25) is 9.67 Å². The molecule has 6 nitrogen and oxygen atoms in total. The van der Waals surface area contributed by atoms with Crippen LogP contribution in [-0.2, 0) is 12.7 Å². The second kappa shape index (κ2) is 10.2. The number of pyridine rings is 1. The number of aryl methyl sites for hydroxylation is 1. The first-order valence-corrected chi connectivity index (χ1v) is 11.6. The molecule has 0 spiro atoms. The van der Waals surface area contributed by atoms with E-state index in [1.807, 2.05) is 25.3 Å². The van der Waals surface area contributed by atoms with Gasteiger partial charge >= 0.3 is 6.18 Å². The Morgan fingerprint density at radius 3 is 2.49 bits per heavy atom. The van der Waals surface area contributed by atoms with Crippen LogP contribution in [0, 0.1) is 12.8 Å². The fourth-order valence-electron chi connectivity index (χ4n) is 4.63. The Kier molecular flexibility index (Phi) is 7.28. The fourth-order valence-corrected chi connectivity index (χ4v) is 4.63. The molecule has 1 aliphatic heterocycles. The number of aliphatic hydroxyl groups excluding tert-OH is 1. The number of halogens is 3. The maximum absolute atomic E-state index is 12.8. The molecule has 0 amide bonds. The third-order valence-corrected chi connectivity index (χ3v) is 6.52. The Labute approximate surface area is 202 Å². The molecule has 1 aromatic carbocycles. The molecule has 1 atom stereocenters. The standard InChI is InChI=1S/C26H30F3N5O/c1-17-14-34(32-24(17)20-5-7-21(8-6-20)26(27,28)29)16-22(35)15-33-12-9-19(10-13-33)18(2)25-23(30)4-3-11-31-25/h3-8,11,14,19,22,35H,2,9-10,12-13,15-16,30H2,1H3. The van der Waals surface area contributed by atoms with Crippen LogP contribution >= 0.6 is 0 Å². The van der Waals surface area contributed by atoms with E-state index >= 15 is 0 Å². The average Bonchev–Trinajstić information content (AvgIpc) is 3.18. The summed E-state index contributed by atoms with van der Waals surface area (Å²) in [4.78, 5) is 6.60. The summed E-state index contributed by atoms with van der Waals surface area (Å²) < 4.78 is 40.2. The third kappa shape index (κ3) is 5.91. The Morgan fingerprint density at radius 1 is 1.17 bits per heavy atom. The lowest BCUT2D eigenvalue weighted by atomic mass is 9.87. The highest BCUT2D eigenvalue weighted by Crippen LogP contribution is 2.33. The van der Waals surface area contributed by atoms with Gasteiger partial charge in [0.05, 0.1) is 35.3 Å². The van der Waals surface area contributed by atoms with E-state index in [0.717, 1.165) is 54.9 Å². The summed E-state index contributed by atoms with van der Waals surface area (Å²) in [6, 6.07) is 8.61. The SMILES string of the molecule is C=C(c1ncccc1N)C1CCN(CC(O)Cn2cc(C)c(-c3ccc(C(F)(F)F)cc3)n2)CC1. The number of hydrogen-bond donors (Lipinski definition) is 2. The second-order valence-corrected chi connectivity index (χ2v) is 9.15. The zero-order valence-electron chi connectivity index (χ0n) is 19.7. The van der Waals surface area contributed by atoms with Gasteiger partial charge in [-0.05, 0) is 74.2 Å². The molecule has 4 rings (SSSR count). The summed E-state index contributed by atoms with van der Waals surface area (Å²) in [5.41, 5.74) is 9.79. The van der Waals surface area contributed by atoms with Gasteiger partial charge in [-0.1, -0.05) is 18.7 Å². The van der Waals surface area contributed by atoms with E-state index < -0.39 is 17.8 Å². The number of hydrogen-bond acceptors (Lipinski definition) is 5. The number of alkyl halides is 3. The van der Waals surface area contributed by atoms with Gasteiger partial charge < -0.3 is 15.7 Å². The molecule has 186 valence electrons. The van der Waals surface area contributed by atoms with Crippen LogP contribution in [0.25, 0.3) is 16.8 Å². The van der Waals surface area contributed by atoms with Crippen molar-refractivity contribution >= 4 is 11.3 Å². The molecular formula is C26H30F3N5O. The summed E-state index contributed by atoms with van der Waals surface area (Å²) in [6.07, 6.45) is 0.374. The van der Waals surface area contributed by atoms with Crippen LogP contribution in [0.3, 0.4) is 0 Å². The first kappa shape index (κ1) is 24.9. The Balaban J connectivity index is 1.31. The van der Waals surface area contributed by atoms with Crippen LogP contribution in [0.5, 0.6) is 0 Å². The van der Waals surface area contributed by atoms with Crippen LogP contribution < -0.4 is 5.73 Å². The van der Waals surface area contributed by atoms with Crippen LogP contribution in [0.4, 0.5) is 18.9 Å². The summed E-state index contributed by atoms with van der Waals surface area (Å²) in [5, 5.41) is 15.2. The molecule has 9 heteroatoms. The predicted octanol–water partition coefficient (Wildman–Crippen LogP) is 4.64. The lowest BCUT2D eigenvalue weighted by Gasteiger charge is -2.34. The highest BCUT2D eigenvalue weighted by Gasteiger charge is 2.30. The predicted molar refractivity (Wildman–Crippen MR) is 130 cm³/mol. The van der Waals surface area contributed by atoms with Gasteiger partial charge in [0.1, 0.15) is 0 Å². The van der Waals surface area contributed by atoms with Gasteiger partial charge in [0, 0.05) is 24.5 Å². The van der Waals surface area contributed by atoms with Crippen molar-refractivity contribution in [3.8, 4) is 11.3 Å². The van der Waals surface area contributed by atoms with Gasteiger partial charge in [0.2, 0.25) is 0 Å². The number of aliphatic hydroxyl groups is 1. The number of nitrogens with zero attached hydrogens (tertiary/aromatic N) is 4. The van der Waals surface area contributed by atoms with Crippen molar-refractivity contribution in [2.45, 2.75) is 38.6 Å². The topological polar surface area (TPSA) is 80.2 Å². The first-order chi connectivity index (χ1) is 16.6. The molecule has 0 bridgehead atoms. The summed E-state index contributed by atoms with van der Waals surface area (Å²) in [6.45, 7) is 8.57. The molecule has 0 radical (unpaired) electrons. The van der Waals surface area contributed by atoms with Crippen LogP contribution in [0.15, 0.2) is 55.4 Å². The molecule has 3 N–H and O–H groups in total. The molecule has 0 aliphatic carbocycles. The van der Waals surface area contributed by atoms with Crippen molar-refractivity contribution < 1.29 is 18.3 Å². The number of benzene rings is 1. The summed E-state index contributed by atoms with van der Waals surface area (Å²) >= 11 is 0. The van der Waals surface area contributed by atoms with Crippen molar-refractivity contribution in [2.75, 3.05) is 25.4 Å². The molecule has 0 saturated carbocycles. The van der Waals surface area contributed by atoms with Gasteiger partial charge in [-0.15, -0.1) is 0 Å². The quantitative estimate of drug-likeness (QED) is 0.510. The molecule has 1 fully saturated rings. The number of piperidine rings is 1. The number of anilines is 1. The summed E-state index contributed by atoms with van der Waals surface area (Å²) in [5.74, 6) is 0.306.